The van der Waals surface area contributed by atoms with Gasteiger partial charge in [0.05, 0.1) is 13.2 Å². The second kappa shape index (κ2) is 7.43. The van der Waals surface area contributed by atoms with E-state index in [-0.39, 0.29) is 5.91 Å². The van der Waals surface area contributed by atoms with E-state index in [1.165, 1.54) is 5.56 Å². The number of nitrogens with zero attached hydrogens (tertiary/aromatic N) is 2. The third-order valence-corrected chi connectivity index (χ3v) is 4.94. The van der Waals surface area contributed by atoms with Crippen molar-refractivity contribution in [1.29, 1.82) is 0 Å². The average Bonchev–Trinajstić information content (AvgIpc) is 3.15. The van der Waals surface area contributed by atoms with Crippen LogP contribution in [0.25, 0.3) is 0 Å². The summed E-state index contributed by atoms with van der Waals surface area (Å²) in [6.45, 7) is 3.25. The van der Waals surface area contributed by atoms with Crippen molar-refractivity contribution < 1.29 is 14.3 Å². The maximum absolute atomic E-state index is 12.8. The molecule has 1 aromatic heterocycles. The molecule has 0 unspecified atom stereocenters. The fourth-order valence-corrected chi connectivity index (χ4v) is 3.46. The molecule has 3 heterocycles. The monoisotopic (exact) mass is 353 g/mol. The van der Waals surface area contributed by atoms with E-state index in [4.69, 9.17) is 9.47 Å². The molecule has 1 spiro atoms. The number of rotatable bonds is 4. The Hall–Kier alpha value is -2.44. The lowest BCUT2D eigenvalue weighted by Crippen LogP contribution is -2.47. The highest BCUT2D eigenvalue weighted by Crippen LogP contribution is 2.31. The van der Waals surface area contributed by atoms with E-state index < -0.39 is 5.79 Å². The molecule has 136 valence electrons. The quantitative estimate of drug-likeness (QED) is 0.916. The van der Waals surface area contributed by atoms with Gasteiger partial charge in [-0.1, -0.05) is 30.3 Å². The summed E-state index contributed by atoms with van der Waals surface area (Å²) in [7, 11) is 0. The van der Waals surface area contributed by atoms with Crippen molar-refractivity contribution in [2.75, 3.05) is 31.6 Å². The lowest BCUT2D eigenvalue weighted by atomic mass is 10.0. The number of piperidine rings is 1. The summed E-state index contributed by atoms with van der Waals surface area (Å²) in [4.78, 5) is 18.9. The molecule has 2 saturated heterocycles. The highest BCUT2D eigenvalue weighted by atomic mass is 16.7. The van der Waals surface area contributed by atoms with E-state index in [2.05, 4.69) is 22.4 Å². The fourth-order valence-electron chi connectivity index (χ4n) is 3.46. The summed E-state index contributed by atoms with van der Waals surface area (Å²) < 4.78 is 11.4. The molecular weight excluding hydrogens is 330 g/mol. The number of nitrogens with one attached hydrogen (secondary N) is 1. The summed E-state index contributed by atoms with van der Waals surface area (Å²) in [5.41, 5.74) is 2.55. The largest absolute Gasteiger partial charge is 0.381 e. The number of amides is 1. The molecule has 0 saturated carbocycles. The van der Waals surface area contributed by atoms with E-state index >= 15 is 0 Å². The lowest BCUT2D eigenvalue weighted by molar-refractivity contribution is -0.181. The molecule has 1 N–H and O–H groups in total. The van der Waals surface area contributed by atoms with Crippen molar-refractivity contribution in [2.45, 2.75) is 25.2 Å². The Morgan fingerprint density at radius 2 is 1.85 bits per heavy atom. The van der Waals surface area contributed by atoms with E-state index in [9.17, 15) is 4.79 Å². The van der Waals surface area contributed by atoms with Gasteiger partial charge in [-0.2, -0.15) is 0 Å². The van der Waals surface area contributed by atoms with Crippen LogP contribution in [-0.4, -0.2) is 47.9 Å². The topological polar surface area (TPSA) is 63.7 Å². The molecule has 4 rings (SSSR count). The van der Waals surface area contributed by atoms with Gasteiger partial charge in [-0.05, 0) is 17.7 Å². The van der Waals surface area contributed by atoms with Crippen LogP contribution >= 0.6 is 0 Å². The first-order valence-electron chi connectivity index (χ1n) is 9.05. The van der Waals surface area contributed by atoms with Gasteiger partial charge in [-0.3, -0.25) is 9.78 Å². The lowest BCUT2D eigenvalue weighted by Gasteiger charge is -2.37. The van der Waals surface area contributed by atoms with Gasteiger partial charge in [0.2, 0.25) is 0 Å². The van der Waals surface area contributed by atoms with Crippen molar-refractivity contribution in [3.63, 3.8) is 0 Å². The average molecular weight is 353 g/mol. The molecular formula is C20H23N3O3. The minimum Gasteiger partial charge on any atom is -0.381 e. The number of pyridine rings is 1. The Morgan fingerprint density at radius 1 is 1.12 bits per heavy atom. The van der Waals surface area contributed by atoms with E-state index in [0.29, 0.717) is 51.4 Å². The predicted molar refractivity (Wildman–Crippen MR) is 97.8 cm³/mol. The van der Waals surface area contributed by atoms with Gasteiger partial charge >= 0.3 is 0 Å². The smallest absolute Gasteiger partial charge is 0.272 e. The molecule has 0 atom stereocenters. The number of aromatic nitrogens is 1. The van der Waals surface area contributed by atoms with Gasteiger partial charge in [0, 0.05) is 44.4 Å². The Bertz CT molecular complexity index is 750. The van der Waals surface area contributed by atoms with Crippen molar-refractivity contribution in [2.24, 2.45) is 0 Å². The van der Waals surface area contributed by atoms with Gasteiger partial charge in [0.25, 0.3) is 5.91 Å². The maximum atomic E-state index is 12.8. The molecule has 6 heteroatoms. The fraction of sp³-hybridized carbons (Fsp3) is 0.400. The van der Waals surface area contributed by atoms with Crippen molar-refractivity contribution in [1.82, 2.24) is 9.88 Å². The number of likely N-dealkylation sites (tertiary alicyclic amines) is 1. The first-order valence-corrected chi connectivity index (χ1v) is 9.05. The molecule has 0 aliphatic carbocycles. The van der Waals surface area contributed by atoms with Crippen LogP contribution in [-0.2, 0) is 16.0 Å². The van der Waals surface area contributed by atoms with Crippen molar-refractivity contribution >= 4 is 11.6 Å². The van der Waals surface area contributed by atoms with Crippen LogP contribution in [0, 0.1) is 0 Å². The van der Waals surface area contributed by atoms with Gasteiger partial charge in [-0.25, -0.2) is 0 Å². The first kappa shape index (κ1) is 17.0. The number of hydrogen-bond donors (Lipinski definition) is 1. The SMILES string of the molecule is O=C(c1cc(NCc2ccccc2)ccn1)N1CCC2(CC1)OCCO2. The second-order valence-electron chi connectivity index (χ2n) is 6.67. The molecule has 0 bridgehead atoms. The minimum atomic E-state index is -0.469. The molecule has 2 aliphatic rings. The number of anilines is 1. The van der Waals surface area contributed by atoms with Crippen LogP contribution in [0.3, 0.4) is 0 Å². The second-order valence-corrected chi connectivity index (χ2v) is 6.67. The Kier molecular flexibility index (Phi) is 4.86. The zero-order chi connectivity index (χ0) is 17.8. The van der Waals surface area contributed by atoms with Gasteiger partial charge in [0.1, 0.15) is 5.69 Å². The standard InChI is InChI=1S/C20H23N3O3/c24-19(23-10-7-20(8-11-23)25-12-13-26-20)18-14-17(6-9-21-18)22-15-16-4-2-1-3-5-16/h1-6,9,14H,7-8,10-13,15H2,(H,21,22). The number of ether oxygens (including phenoxy) is 2. The highest BCUT2D eigenvalue weighted by molar-refractivity contribution is 5.93. The summed E-state index contributed by atoms with van der Waals surface area (Å²) >= 11 is 0. The third-order valence-electron chi connectivity index (χ3n) is 4.94. The predicted octanol–water partition coefficient (Wildman–Crippen LogP) is 2.67. The zero-order valence-electron chi connectivity index (χ0n) is 14.7. The van der Waals surface area contributed by atoms with Crippen molar-refractivity contribution in [3.8, 4) is 0 Å². The molecule has 0 radical (unpaired) electrons. The van der Waals surface area contributed by atoms with Crippen LogP contribution in [0.2, 0.25) is 0 Å². The van der Waals surface area contributed by atoms with Crippen molar-refractivity contribution in [3.05, 3.63) is 59.9 Å². The summed E-state index contributed by atoms with van der Waals surface area (Å²) in [5.74, 6) is -0.510. The van der Waals surface area contributed by atoms with Gasteiger partial charge in [0.15, 0.2) is 5.79 Å². The summed E-state index contributed by atoms with van der Waals surface area (Å²) in [5, 5.41) is 3.35. The van der Waals surface area contributed by atoms with E-state index in [1.807, 2.05) is 35.2 Å². The van der Waals surface area contributed by atoms with E-state index in [0.717, 1.165) is 5.69 Å². The van der Waals surface area contributed by atoms with E-state index in [1.54, 1.807) is 6.20 Å². The van der Waals surface area contributed by atoms with Gasteiger partial charge in [-0.15, -0.1) is 0 Å². The molecule has 26 heavy (non-hydrogen) atoms. The summed E-state index contributed by atoms with van der Waals surface area (Å²) in [6.07, 6.45) is 3.10. The van der Waals surface area contributed by atoms with Crippen LogP contribution in [0.15, 0.2) is 48.7 Å². The molecule has 2 fully saturated rings. The molecule has 6 nitrogen and oxygen atoms in total. The third kappa shape index (κ3) is 3.71. The Morgan fingerprint density at radius 3 is 2.58 bits per heavy atom. The van der Waals surface area contributed by atoms with Gasteiger partial charge < -0.3 is 19.7 Å². The number of carbonyl (C=O) groups is 1. The van der Waals surface area contributed by atoms with Crippen LogP contribution in [0.5, 0.6) is 0 Å². The minimum absolute atomic E-state index is 0.0405. The number of benzene rings is 1. The Balaban J connectivity index is 1.37. The maximum Gasteiger partial charge on any atom is 0.272 e. The molecule has 2 aliphatic heterocycles. The Labute approximate surface area is 153 Å². The normalized spacial score (nSPS) is 18.8. The molecule has 1 aromatic carbocycles. The summed E-state index contributed by atoms with van der Waals surface area (Å²) in [6, 6.07) is 13.9. The zero-order valence-corrected chi connectivity index (χ0v) is 14.7. The van der Waals surface area contributed by atoms with Crippen LogP contribution < -0.4 is 5.32 Å². The number of carbonyl (C=O) groups excluding carboxylic acids is 1. The van der Waals surface area contributed by atoms with Crippen LogP contribution in [0.1, 0.15) is 28.9 Å². The molecule has 1 amide bonds. The van der Waals surface area contributed by atoms with Crippen LogP contribution in [0.4, 0.5) is 5.69 Å². The molecule has 2 aromatic rings. The first-order chi connectivity index (χ1) is 12.7. The number of hydrogen-bond acceptors (Lipinski definition) is 5. The highest BCUT2D eigenvalue weighted by Gasteiger charge is 2.41.